The number of hydrogen-bond acceptors (Lipinski definition) is 3. The second-order valence-corrected chi connectivity index (χ2v) is 6.67. The molecule has 0 radical (unpaired) electrons. The van der Waals surface area contributed by atoms with Crippen LogP contribution in [0.2, 0.25) is 5.02 Å². The second kappa shape index (κ2) is 5.52. The van der Waals surface area contributed by atoms with Gasteiger partial charge in [-0.3, -0.25) is 0 Å². The summed E-state index contributed by atoms with van der Waals surface area (Å²) in [6, 6.07) is 6.01. The van der Waals surface area contributed by atoms with Crippen molar-refractivity contribution in [2.75, 3.05) is 0 Å². The Morgan fingerprint density at radius 3 is 2.61 bits per heavy atom. The maximum Gasteiger partial charge on any atom is 0.241 e. The van der Waals surface area contributed by atoms with Gasteiger partial charge in [-0.05, 0) is 31.5 Å². The lowest BCUT2D eigenvalue weighted by Crippen LogP contribution is -2.53. The van der Waals surface area contributed by atoms with Crippen LogP contribution in [0.15, 0.2) is 29.2 Å². The predicted molar refractivity (Wildman–Crippen MR) is 77.3 cm³/mol. The van der Waals surface area contributed by atoms with Crippen LogP contribution in [-0.2, 0) is 10.0 Å². The standard InChI is InChI=1S/C11H15ClN2O2S2/c1-3-11(2,10(13)17)14-18(15,16)9-6-4-5-8(12)7-9/h4-7,14H,3H2,1-2H3,(H2,13,17). The Balaban J connectivity index is 3.13. The van der Waals surface area contributed by atoms with Crippen LogP contribution in [0.1, 0.15) is 20.3 Å². The van der Waals surface area contributed by atoms with Crippen LogP contribution in [0.4, 0.5) is 0 Å². The molecule has 0 fully saturated rings. The number of nitrogens with two attached hydrogens (primary N) is 1. The molecule has 1 atom stereocenters. The highest BCUT2D eigenvalue weighted by Gasteiger charge is 2.31. The minimum absolute atomic E-state index is 0.0888. The first-order valence-electron chi connectivity index (χ1n) is 5.31. The van der Waals surface area contributed by atoms with Gasteiger partial charge < -0.3 is 5.73 Å². The second-order valence-electron chi connectivity index (χ2n) is 4.11. The van der Waals surface area contributed by atoms with Gasteiger partial charge in [-0.15, -0.1) is 0 Å². The Bertz CT molecular complexity index is 560. The van der Waals surface area contributed by atoms with E-state index >= 15 is 0 Å². The van der Waals surface area contributed by atoms with Crippen molar-refractivity contribution in [3.8, 4) is 0 Å². The van der Waals surface area contributed by atoms with Gasteiger partial charge in [0.1, 0.15) is 0 Å². The smallest absolute Gasteiger partial charge is 0.241 e. The normalized spacial score (nSPS) is 15.1. The molecule has 3 N–H and O–H groups in total. The first kappa shape index (κ1) is 15.4. The minimum Gasteiger partial charge on any atom is -0.392 e. The number of benzene rings is 1. The fourth-order valence-electron chi connectivity index (χ4n) is 1.29. The van der Waals surface area contributed by atoms with Crippen LogP contribution < -0.4 is 10.5 Å². The Labute approximate surface area is 118 Å². The summed E-state index contributed by atoms with van der Waals surface area (Å²) in [5, 5.41) is 0.353. The summed E-state index contributed by atoms with van der Waals surface area (Å²) in [5.74, 6) is 0. The van der Waals surface area contributed by atoms with Crippen LogP contribution in [0.3, 0.4) is 0 Å². The number of nitrogens with one attached hydrogen (secondary N) is 1. The lowest BCUT2D eigenvalue weighted by molar-refractivity contribution is 0.511. The summed E-state index contributed by atoms with van der Waals surface area (Å²) < 4.78 is 26.9. The van der Waals surface area contributed by atoms with Gasteiger partial charge in [-0.1, -0.05) is 36.8 Å². The summed E-state index contributed by atoms with van der Waals surface area (Å²) in [4.78, 5) is 0.196. The first-order chi connectivity index (χ1) is 8.21. The number of thiocarbonyl (C=S) groups is 1. The highest BCUT2D eigenvalue weighted by atomic mass is 35.5. The minimum atomic E-state index is -3.70. The van der Waals surface area contributed by atoms with E-state index in [2.05, 4.69) is 4.72 Å². The molecule has 1 aromatic carbocycles. The lowest BCUT2D eigenvalue weighted by Gasteiger charge is -2.27. The molecule has 0 saturated carbocycles. The first-order valence-corrected chi connectivity index (χ1v) is 7.57. The molecule has 0 aliphatic heterocycles. The Hall–Kier alpha value is -0.690. The zero-order chi connectivity index (χ0) is 14.0. The number of halogens is 1. The average molecular weight is 307 g/mol. The number of rotatable bonds is 5. The highest BCUT2D eigenvalue weighted by Crippen LogP contribution is 2.19. The van der Waals surface area contributed by atoms with E-state index < -0.39 is 15.6 Å². The van der Waals surface area contributed by atoms with E-state index in [0.29, 0.717) is 11.4 Å². The molecule has 1 unspecified atom stereocenters. The van der Waals surface area contributed by atoms with Gasteiger partial charge in [-0.25, -0.2) is 8.42 Å². The molecule has 1 rings (SSSR count). The van der Waals surface area contributed by atoms with Crippen molar-refractivity contribution < 1.29 is 8.42 Å². The van der Waals surface area contributed by atoms with Crippen LogP contribution >= 0.6 is 23.8 Å². The van der Waals surface area contributed by atoms with Gasteiger partial charge in [0, 0.05) is 5.02 Å². The number of hydrogen-bond donors (Lipinski definition) is 2. The summed E-state index contributed by atoms with van der Waals surface area (Å²) in [5.41, 5.74) is 4.63. The van der Waals surface area contributed by atoms with Crippen molar-refractivity contribution in [3.05, 3.63) is 29.3 Å². The van der Waals surface area contributed by atoms with Crippen molar-refractivity contribution >= 4 is 38.8 Å². The highest BCUT2D eigenvalue weighted by molar-refractivity contribution is 7.89. The monoisotopic (exact) mass is 306 g/mol. The van der Waals surface area contributed by atoms with E-state index in [1.165, 1.54) is 12.1 Å². The van der Waals surface area contributed by atoms with E-state index in [1.54, 1.807) is 26.0 Å². The van der Waals surface area contributed by atoms with Crippen molar-refractivity contribution in [1.82, 2.24) is 4.72 Å². The molecule has 0 bridgehead atoms. The SMILES string of the molecule is CCC(C)(NS(=O)(=O)c1cccc(Cl)c1)C(N)=S. The lowest BCUT2D eigenvalue weighted by atomic mass is 10.0. The molecule has 0 saturated heterocycles. The molecule has 100 valence electrons. The third-order valence-electron chi connectivity index (χ3n) is 2.72. The van der Waals surface area contributed by atoms with E-state index in [1.807, 2.05) is 0 Å². The fourth-order valence-corrected chi connectivity index (χ4v) is 3.31. The van der Waals surface area contributed by atoms with E-state index in [-0.39, 0.29) is 9.88 Å². The summed E-state index contributed by atoms with van der Waals surface area (Å²) in [7, 11) is -3.70. The van der Waals surface area contributed by atoms with Gasteiger partial charge >= 0.3 is 0 Å². The summed E-state index contributed by atoms with van der Waals surface area (Å²) in [6.07, 6.45) is 0.460. The molecule has 1 aromatic rings. The summed E-state index contributed by atoms with van der Waals surface area (Å²) >= 11 is 10.7. The molecular weight excluding hydrogens is 292 g/mol. The molecular formula is C11H15ClN2O2S2. The van der Waals surface area contributed by atoms with Crippen LogP contribution in [0.5, 0.6) is 0 Å². The predicted octanol–water partition coefficient (Wildman–Crippen LogP) is 2.07. The van der Waals surface area contributed by atoms with Crippen molar-refractivity contribution in [2.45, 2.75) is 30.7 Å². The molecule has 0 aliphatic carbocycles. The maximum absolute atomic E-state index is 12.2. The Morgan fingerprint density at radius 1 is 1.56 bits per heavy atom. The molecule has 0 heterocycles. The van der Waals surface area contributed by atoms with Gasteiger partial charge in [0.2, 0.25) is 10.0 Å². The Kier molecular flexibility index (Phi) is 4.72. The molecule has 0 spiro atoms. The third-order valence-corrected chi connectivity index (χ3v) is 5.00. The average Bonchev–Trinajstić information content (AvgIpc) is 2.28. The molecule has 7 heteroatoms. The molecule has 18 heavy (non-hydrogen) atoms. The molecule has 0 aliphatic rings. The topological polar surface area (TPSA) is 72.2 Å². The van der Waals surface area contributed by atoms with Gasteiger partial charge in [0.25, 0.3) is 0 Å². The molecule has 0 aromatic heterocycles. The quantitative estimate of drug-likeness (QED) is 0.817. The van der Waals surface area contributed by atoms with Crippen molar-refractivity contribution in [2.24, 2.45) is 5.73 Å². The zero-order valence-corrected chi connectivity index (χ0v) is 12.5. The van der Waals surface area contributed by atoms with Crippen LogP contribution in [0, 0.1) is 0 Å². The number of sulfonamides is 1. The van der Waals surface area contributed by atoms with Crippen molar-refractivity contribution in [1.29, 1.82) is 0 Å². The van der Waals surface area contributed by atoms with Crippen LogP contribution in [0.25, 0.3) is 0 Å². The largest absolute Gasteiger partial charge is 0.392 e. The third kappa shape index (κ3) is 3.41. The Morgan fingerprint density at radius 2 is 2.17 bits per heavy atom. The van der Waals surface area contributed by atoms with Gasteiger partial charge in [0.15, 0.2) is 0 Å². The van der Waals surface area contributed by atoms with E-state index in [9.17, 15) is 8.42 Å². The van der Waals surface area contributed by atoms with E-state index in [4.69, 9.17) is 29.6 Å². The fraction of sp³-hybridized carbons (Fsp3) is 0.364. The molecule has 0 amide bonds. The van der Waals surface area contributed by atoms with E-state index in [0.717, 1.165) is 0 Å². The zero-order valence-electron chi connectivity index (χ0n) is 10.1. The van der Waals surface area contributed by atoms with Crippen molar-refractivity contribution in [3.63, 3.8) is 0 Å². The maximum atomic E-state index is 12.2. The van der Waals surface area contributed by atoms with Crippen LogP contribution in [-0.4, -0.2) is 18.9 Å². The van der Waals surface area contributed by atoms with Gasteiger partial charge in [-0.2, -0.15) is 4.72 Å². The summed E-state index contributed by atoms with van der Waals surface area (Å²) in [6.45, 7) is 3.46. The van der Waals surface area contributed by atoms with Gasteiger partial charge in [0.05, 0.1) is 15.4 Å². The molecule has 4 nitrogen and oxygen atoms in total.